The minimum absolute atomic E-state index is 0.0928. The van der Waals surface area contributed by atoms with Gasteiger partial charge in [0.1, 0.15) is 13.2 Å². The van der Waals surface area contributed by atoms with Gasteiger partial charge in [-0.25, -0.2) is 0 Å². The minimum atomic E-state index is -0.592. The molecule has 1 aliphatic carbocycles. The number of allylic oxidation sites excluding steroid dienone is 3. The second-order valence-electron chi connectivity index (χ2n) is 7.71. The molecule has 7 nitrogen and oxygen atoms in total. The van der Waals surface area contributed by atoms with Gasteiger partial charge in [-0.1, -0.05) is 30.4 Å². The van der Waals surface area contributed by atoms with Gasteiger partial charge in [-0.15, -0.1) is 0 Å². The van der Waals surface area contributed by atoms with Crippen LogP contribution in [0.5, 0.6) is 11.5 Å². The van der Waals surface area contributed by atoms with Crippen molar-refractivity contribution < 1.29 is 19.1 Å². The Bertz CT molecular complexity index is 1130. The van der Waals surface area contributed by atoms with Gasteiger partial charge < -0.3 is 20.1 Å². The van der Waals surface area contributed by atoms with Crippen LogP contribution in [0.15, 0.2) is 66.8 Å². The topological polar surface area (TPSA) is 88.7 Å². The molecule has 1 unspecified atom stereocenters. The smallest absolute Gasteiger partial charge is 0.257 e. The first-order chi connectivity index (χ1) is 15.4. The quantitative estimate of drug-likeness (QED) is 0.611. The maximum Gasteiger partial charge on any atom is 0.257 e. The highest BCUT2D eigenvalue weighted by molar-refractivity contribution is 7.80. The highest BCUT2D eigenvalue weighted by Gasteiger charge is 2.30. The molecule has 2 aromatic carbocycles. The van der Waals surface area contributed by atoms with Gasteiger partial charge in [-0.2, -0.15) is 0 Å². The van der Waals surface area contributed by atoms with Crippen LogP contribution in [0.25, 0.3) is 0 Å². The lowest BCUT2D eigenvalue weighted by molar-refractivity contribution is -0.122. The lowest BCUT2D eigenvalue weighted by Gasteiger charge is -2.25. The van der Waals surface area contributed by atoms with Crippen LogP contribution in [-0.2, 0) is 4.79 Å². The summed E-state index contributed by atoms with van der Waals surface area (Å²) in [7, 11) is 0. The predicted octanol–water partition coefficient (Wildman–Crippen LogP) is 4.05. The molecular formula is C24H23N3O4S. The Labute approximate surface area is 191 Å². The molecule has 32 heavy (non-hydrogen) atoms. The Morgan fingerprint density at radius 2 is 1.72 bits per heavy atom. The monoisotopic (exact) mass is 449 g/mol. The zero-order valence-corrected chi connectivity index (χ0v) is 18.3. The standard InChI is InChI=1S/C24H23N3O4S/c1-24(10-3-2-4-11-24)22(29)25-17-6-5-7-18(15-17)26-23(32)27-21(28)16-8-9-19-20(14-16)31-13-12-30-19/h2-10,14-15H,11-13H2,1H3,(H,25,29)(H2,26,27,28,32). The average Bonchev–Trinajstić information content (AvgIpc) is 2.79. The average molecular weight is 450 g/mol. The molecule has 0 aromatic heterocycles. The van der Waals surface area contributed by atoms with Crippen molar-refractivity contribution in [3.8, 4) is 11.5 Å². The van der Waals surface area contributed by atoms with E-state index in [1.807, 2.05) is 31.2 Å². The normalized spacial score (nSPS) is 18.5. The second-order valence-corrected chi connectivity index (χ2v) is 8.12. The minimum Gasteiger partial charge on any atom is -0.486 e. The number of rotatable bonds is 4. The van der Waals surface area contributed by atoms with E-state index in [-0.39, 0.29) is 16.9 Å². The number of hydrogen-bond donors (Lipinski definition) is 3. The Morgan fingerprint density at radius 3 is 2.47 bits per heavy atom. The largest absolute Gasteiger partial charge is 0.486 e. The molecule has 164 valence electrons. The molecule has 1 heterocycles. The Hall–Kier alpha value is -3.65. The van der Waals surface area contributed by atoms with Crippen LogP contribution in [0.1, 0.15) is 23.7 Å². The molecule has 4 rings (SSSR count). The third-order valence-electron chi connectivity index (χ3n) is 5.18. The Balaban J connectivity index is 1.36. The van der Waals surface area contributed by atoms with E-state index >= 15 is 0 Å². The predicted molar refractivity (Wildman–Crippen MR) is 127 cm³/mol. The third kappa shape index (κ3) is 4.97. The summed E-state index contributed by atoms with van der Waals surface area (Å²) >= 11 is 5.28. The molecule has 0 radical (unpaired) electrons. The van der Waals surface area contributed by atoms with Gasteiger partial charge in [-0.05, 0) is 62.0 Å². The molecule has 0 fully saturated rings. The van der Waals surface area contributed by atoms with Gasteiger partial charge in [0.05, 0.1) is 5.41 Å². The van der Waals surface area contributed by atoms with E-state index < -0.39 is 5.41 Å². The van der Waals surface area contributed by atoms with Crippen molar-refractivity contribution in [1.29, 1.82) is 0 Å². The molecule has 8 heteroatoms. The summed E-state index contributed by atoms with van der Waals surface area (Å²) in [5.41, 5.74) is 1.08. The van der Waals surface area contributed by atoms with Gasteiger partial charge in [0.2, 0.25) is 5.91 Å². The van der Waals surface area contributed by atoms with E-state index in [4.69, 9.17) is 21.7 Å². The van der Waals surface area contributed by atoms with Crippen LogP contribution in [0, 0.1) is 5.41 Å². The van der Waals surface area contributed by atoms with E-state index in [1.165, 1.54) is 0 Å². The van der Waals surface area contributed by atoms with Crippen molar-refractivity contribution in [2.75, 3.05) is 23.8 Å². The zero-order valence-electron chi connectivity index (χ0n) is 17.5. The van der Waals surface area contributed by atoms with Crippen LogP contribution in [-0.4, -0.2) is 30.1 Å². The number of nitrogens with one attached hydrogen (secondary N) is 3. The maximum absolute atomic E-state index is 12.7. The van der Waals surface area contributed by atoms with Crippen molar-refractivity contribution in [3.63, 3.8) is 0 Å². The number of carbonyl (C=O) groups is 2. The molecule has 2 aromatic rings. The van der Waals surface area contributed by atoms with Crippen molar-refractivity contribution >= 4 is 40.5 Å². The number of hydrogen-bond acceptors (Lipinski definition) is 5. The summed E-state index contributed by atoms with van der Waals surface area (Å²) in [4.78, 5) is 25.3. The first-order valence-corrected chi connectivity index (χ1v) is 10.6. The first kappa shape index (κ1) is 21.6. The van der Waals surface area contributed by atoms with Gasteiger partial charge in [0.25, 0.3) is 5.91 Å². The number of thiocarbonyl (C=S) groups is 1. The van der Waals surface area contributed by atoms with Crippen LogP contribution in [0.4, 0.5) is 11.4 Å². The highest BCUT2D eigenvalue weighted by Crippen LogP contribution is 2.31. The molecule has 0 saturated carbocycles. The van der Waals surface area contributed by atoms with Crippen LogP contribution in [0.2, 0.25) is 0 Å². The Kier molecular flexibility index (Phi) is 6.23. The zero-order chi connectivity index (χ0) is 22.6. The molecule has 1 atom stereocenters. The van der Waals surface area contributed by atoms with Crippen LogP contribution >= 0.6 is 12.2 Å². The molecule has 0 spiro atoms. The summed E-state index contributed by atoms with van der Waals surface area (Å²) in [6, 6.07) is 12.1. The third-order valence-corrected chi connectivity index (χ3v) is 5.39. The molecular weight excluding hydrogens is 426 g/mol. The highest BCUT2D eigenvalue weighted by atomic mass is 32.1. The number of ether oxygens (including phenoxy) is 2. The van der Waals surface area contributed by atoms with E-state index in [0.29, 0.717) is 48.1 Å². The van der Waals surface area contributed by atoms with Gasteiger partial charge >= 0.3 is 0 Å². The van der Waals surface area contributed by atoms with E-state index in [2.05, 4.69) is 16.0 Å². The summed E-state index contributed by atoms with van der Waals surface area (Å²) in [6.07, 6.45) is 8.32. The molecule has 0 bridgehead atoms. The summed E-state index contributed by atoms with van der Waals surface area (Å²) in [6.45, 7) is 2.82. The van der Waals surface area contributed by atoms with Crippen LogP contribution in [0.3, 0.4) is 0 Å². The van der Waals surface area contributed by atoms with Crippen molar-refractivity contribution in [1.82, 2.24) is 5.32 Å². The van der Waals surface area contributed by atoms with Crippen LogP contribution < -0.4 is 25.4 Å². The number of fused-ring (bicyclic) bond motifs is 1. The summed E-state index contributed by atoms with van der Waals surface area (Å²) < 4.78 is 11.0. The fourth-order valence-electron chi connectivity index (χ4n) is 3.37. The SMILES string of the molecule is CC1(C(=O)Nc2cccc(NC(=S)NC(=O)c3ccc4c(c3)OCCO4)c2)C=CC=CC1. The fraction of sp³-hybridized carbons (Fsp3) is 0.208. The summed E-state index contributed by atoms with van der Waals surface area (Å²) in [5.74, 6) is 0.683. The molecule has 2 aliphatic rings. The summed E-state index contributed by atoms with van der Waals surface area (Å²) in [5, 5.41) is 8.71. The van der Waals surface area contributed by atoms with Crippen molar-refractivity contribution in [2.24, 2.45) is 5.41 Å². The number of carbonyl (C=O) groups excluding carboxylic acids is 2. The maximum atomic E-state index is 12.7. The van der Waals surface area contributed by atoms with Gasteiger partial charge in [0.15, 0.2) is 16.6 Å². The number of benzene rings is 2. The van der Waals surface area contributed by atoms with Gasteiger partial charge in [0, 0.05) is 16.9 Å². The molecule has 2 amide bonds. The second kappa shape index (κ2) is 9.23. The molecule has 3 N–H and O–H groups in total. The molecule has 0 saturated heterocycles. The lowest BCUT2D eigenvalue weighted by Crippen LogP contribution is -2.34. The lowest BCUT2D eigenvalue weighted by atomic mass is 9.83. The van der Waals surface area contributed by atoms with Crippen molar-refractivity contribution in [3.05, 3.63) is 72.3 Å². The number of amides is 2. The molecule has 1 aliphatic heterocycles. The Morgan fingerprint density at radius 1 is 0.969 bits per heavy atom. The fourth-order valence-corrected chi connectivity index (χ4v) is 3.58. The van der Waals surface area contributed by atoms with E-state index in [1.54, 1.807) is 42.5 Å². The van der Waals surface area contributed by atoms with E-state index in [9.17, 15) is 9.59 Å². The van der Waals surface area contributed by atoms with Crippen molar-refractivity contribution in [2.45, 2.75) is 13.3 Å². The number of anilines is 2. The first-order valence-electron chi connectivity index (χ1n) is 10.2. The van der Waals surface area contributed by atoms with E-state index in [0.717, 1.165) is 0 Å². The van der Waals surface area contributed by atoms with Gasteiger partial charge in [-0.3, -0.25) is 14.9 Å².